The lowest BCUT2D eigenvalue weighted by atomic mass is 10.1. The molecule has 0 bridgehead atoms. The maximum atomic E-state index is 12.7. The molecule has 1 heterocycles. The van der Waals surface area contributed by atoms with Gasteiger partial charge in [-0.1, -0.05) is 23.7 Å². The predicted octanol–water partition coefficient (Wildman–Crippen LogP) is 3.32. The van der Waals surface area contributed by atoms with E-state index in [0.29, 0.717) is 41.2 Å². The SMILES string of the molecule is N#Cc1cc(Cl)ccc1Nc1ccc(CNC(=O)C2(NC(=O)c3cncnc3)CC2)cc1. The molecule has 0 radical (unpaired) electrons. The molecule has 3 aromatic rings. The average molecular weight is 447 g/mol. The Kier molecular flexibility index (Phi) is 6.01. The number of benzene rings is 2. The lowest BCUT2D eigenvalue weighted by Crippen LogP contribution is -2.48. The van der Waals surface area contributed by atoms with E-state index < -0.39 is 5.54 Å². The number of hydrogen-bond acceptors (Lipinski definition) is 6. The van der Waals surface area contributed by atoms with Crippen LogP contribution in [0.25, 0.3) is 0 Å². The molecule has 1 aliphatic rings. The van der Waals surface area contributed by atoms with Gasteiger partial charge in [-0.05, 0) is 48.7 Å². The van der Waals surface area contributed by atoms with Gasteiger partial charge in [0.2, 0.25) is 5.91 Å². The molecule has 0 saturated heterocycles. The van der Waals surface area contributed by atoms with Crippen LogP contribution in [0.4, 0.5) is 11.4 Å². The highest BCUT2D eigenvalue weighted by Crippen LogP contribution is 2.36. The zero-order valence-corrected chi connectivity index (χ0v) is 17.7. The Morgan fingerprint density at radius 3 is 2.47 bits per heavy atom. The molecule has 4 rings (SSSR count). The monoisotopic (exact) mass is 446 g/mol. The maximum Gasteiger partial charge on any atom is 0.255 e. The summed E-state index contributed by atoms with van der Waals surface area (Å²) in [5.74, 6) is -0.586. The number of nitriles is 1. The van der Waals surface area contributed by atoms with Crippen molar-refractivity contribution in [2.45, 2.75) is 24.9 Å². The number of aromatic nitrogens is 2. The Bertz CT molecular complexity index is 1190. The minimum atomic E-state index is -0.878. The van der Waals surface area contributed by atoms with Gasteiger partial charge >= 0.3 is 0 Å². The van der Waals surface area contributed by atoms with Crippen LogP contribution in [0.5, 0.6) is 0 Å². The van der Waals surface area contributed by atoms with Crippen LogP contribution < -0.4 is 16.0 Å². The molecule has 0 unspecified atom stereocenters. The summed E-state index contributed by atoms with van der Waals surface area (Å²) in [7, 11) is 0. The van der Waals surface area contributed by atoms with E-state index in [1.165, 1.54) is 18.7 Å². The lowest BCUT2D eigenvalue weighted by molar-refractivity contribution is -0.124. The fourth-order valence-corrected chi connectivity index (χ4v) is 3.34. The number of halogens is 1. The van der Waals surface area contributed by atoms with Crippen molar-refractivity contribution in [2.75, 3.05) is 5.32 Å². The van der Waals surface area contributed by atoms with Gasteiger partial charge in [0.1, 0.15) is 17.9 Å². The van der Waals surface area contributed by atoms with Crippen molar-refractivity contribution < 1.29 is 9.59 Å². The van der Waals surface area contributed by atoms with Gasteiger partial charge in [-0.15, -0.1) is 0 Å². The molecule has 32 heavy (non-hydrogen) atoms. The van der Waals surface area contributed by atoms with E-state index in [1.54, 1.807) is 18.2 Å². The number of anilines is 2. The topological polar surface area (TPSA) is 120 Å². The summed E-state index contributed by atoms with van der Waals surface area (Å²) in [6.45, 7) is 0.329. The highest BCUT2D eigenvalue weighted by molar-refractivity contribution is 6.30. The van der Waals surface area contributed by atoms with Gasteiger partial charge in [-0.25, -0.2) is 9.97 Å². The summed E-state index contributed by atoms with van der Waals surface area (Å²) < 4.78 is 0. The van der Waals surface area contributed by atoms with E-state index in [0.717, 1.165) is 11.3 Å². The molecule has 3 N–H and O–H groups in total. The van der Waals surface area contributed by atoms with Gasteiger partial charge in [-0.3, -0.25) is 9.59 Å². The molecule has 1 aromatic heterocycles. The van der Waals surface area contributed by atoms with Crippen molar-refractivity contribution in [1.82, 2.24) is 20.6 Å². The van der Waals surface area contributed by atoms with Crippen molar-refractivity contribution in [3.8, 4) is 6.07 Å². The highest BCUT2D eigenvalue weighted by Gasteiger charge is 2.51. The molecule has 0 spiro atoms. The smallest absolute Gasteiger partial charge is 0.255 e. The Morgan fingerprint density at radius 1 is 1.09 bits per heavy atom. The molecular weight excluding hydrogens is 428 g/mol. The summed E-state index contributed by atoms with van der Waals surface area (Å²) in [6.07, 6.45) is 5.34. The Balaban J connectivity index is 1.33. The summed E-state index contributed by atoms with van der Waals surface area (Å²) in [4.78, 5) is 32.6. The largest absolute Gasteiger partial charge is 0.354 e. The van der Waals surface area contributed by atoms with Crippen LogP contribution in [0.3, 0.4) is 0 Å². The Morgan fingerprint density at radius 2 is 1.81 bits per heavy atom. The van der Waals surface area contributed by atoms with Crippen molar-refractivity contribution in [3.63, 3.8) is 0 Å². The molecule has 160 valence electrons. The summed E-state index contributed by atoms with van der Waals surface area (Å²) in [6, 6.07) is 14.7. The van der Waals surface area contributed by atoms with E-state index in [2.05, 4.69) is 32.0 Å². The third-order valence-electron chi connectivity index (χ3n) is 5.15. The van der Waals surface area contributed by atoms with Gasteiger partial charge in [-0.2, -0.15) is 5.26 Å². The van der Waals surface area contributed by atoms with Crippen LogP contribution in [0.1, 0.15) is 34.3 Å². The first-order chi connectivity index (χ1) is 15.5. The molecule has 1 saturated carbocycles. The summed E-state index contributed by atoms with van der Waals surface area (Å²) in [5.41, 5.74) is 2.25. The van der Waals surface area contributed by atoms with Crippen molar-refractivity contribution in [1.29, 1.82) is 5.26 Å². The van der Waals surface area contributed by atoms with E-state index in [9.17, 15) is 14.9 Å². The fourth-order valence-electron chi connectivity index (χ4n) is 3.17. The van der Waals surface area contributed by atoms with E-state index in [4.69, 9.17) is 11.6 Å². The average Bonchev–Trinajstić information content (AvgIpc) is 3.60. The molecule has 8 nitrogen and oxygen atoms in total. The van der Waals surface area contributed by atoms with Crippen molar-refractivity contribution >= 4 is 34.8 Å². The van der Waals surface area contributed by atoms with Crippen LogP contribution in [0, 0.1) is 11.3 Å². The minimum absolute atomic E-state index is 0.218. The second-order valence-electron chi connectivity index (χ2n) is 7.47. The van der Waals surface area contributed by atoms with Gasteiger partial charge < -0.3 is 16.0 Å². The molecule has 2 amide bonds. The normalized spacial score (nSPS) is 13.5. The quantitative estimate of drug-likeness (QED) is 0.512. The van der Waals surface area contributed by atoms with E-state index in [1.807, 2.05) is 24.3 Å². The predicted molar refractivity (Wildman–Crippen MR) is 119 cm³/mol. The Labute approximate surface area is 189 Å². The standard InChI is InChI=1S/C23H19ClN6O2/c24-18-3-6-20(16(9-18)10-25)29-19-4-1-15(2-5-19)11-28-22(32)23(7-8-23)30-21(31)17-12-26-14-27-13-17/h1-6,9,12-14,29H,7-8,11H2,(H,28,32)(H,30,31). The first-order valence-electron chi connectivity index (χ1n) is 9.90. The maximum absolute atomic E-state index is 12.7. The number of hydrogen-bond donors (Lipinski definition) is 3. The number of carbonyl (C=O) groups excluding carboxylic acids is 2. The molecular formula is C23H19ClN6O2. The number of rotatable bonds is 7. The number of carbonyl (C=O) groups is 2. The van der Waals surface area contributed by atoms with Gasteiger partial charge in [0, 0.05) is 29.6 Å². The van der Waals surface area contributed by atoms with Crippen LogP contribution in [-0.4, -0.2) is 27.3 Å². The van der Waals surface area contributed by atoms with Gasteiger partial charge in [0.05, 0.1) is 16.8 Å². The minimum Gasteiger partial charge on any atom is -0.354 e. The molecule has 9 heteroatoms. The highest BCUT2D eigenvalue weighted by atomic mass is 35.5. The molecule has 2 aromatic carbocycles. The third kappa shape index (κ3) is 4.85. The molecule has 0 aliphatic heterocycles. The summed E-state index contributed by atoms with van der Waals surface area (Å²) in [5, 5.41) is 18.6. The number of nitrogens with one attached hydrogen (secondary N) is 3. The zero-order valence-electron chi connectivity index (χ0n) is 16.9. The van der Waals surface area contributed by atoms with E-state index >= 15 is 0 Å². The van der Waals surface area contributed by atoms with Gasteiger partial charge in [0.15, 0.2) is 0 Å². The van der Waals surface area contributed by atoms with E-state index in [-0.39, 0.29) is 11.8 Å². The Hall–Kier alpha value is -3.96. The van der Waals surface area contributed by atoms with Crippen LogP contribution in [0.15, 0.2) is 61.2 Å². The first-order valence-corrected chi connectivity index (χ1v) is 10.3. The molecule has 1 aliphatic carbocycles. The van der Waals surface area contributed by atoms with Crippen LogP contribution in [0.2, 0.25) is 5.02 Å². The number of nitrogens with zero attached hydrogens (tertiary/aromatic N) is 3. The lowest BCUT2D eigenvalue weighted by Gasteiger charge is -2.17. The van der Waals surface area contributed by atoms with Gasteiger partial charge in [0.25, 0.3) is 5.91 Å². The molecule has 1 fully saturated rings. The second-order valence-corrected chi connectivity index (χ2v) is 7.91. The summed E-state index contributed by atoms with van der Waals surface area (Å²) >= 11 is 5.93. The van der Waals surface area contributed by atoms with Crippen molar-refractivity contribution in [3.05, 3.63) is 82.9 Å². The molecule has 0 atom stereocenters. The zero-order chi connectivity index (χ0) is 22.6. The second kappa shape index (κ2) is 9.04. The van der Waals surface area contributed by atoms with Crippen LogP contribution >= 0.6 is 11.6 Å². The van der Waals surface area contributed by atoms with Crippen LogP contribution in [-0.2, 0) is 11.3 Å². The van der Waals surface area contributed by atoms with Crippen molar-refractivity contribution in [2.24, 2.45) is 0 Å². The third-order valence-corrected chi connectivity index (χ3v) is 5.38. The fraction of sp³-hybridized carbons (Fsp3) is 0.174. The number of amides is 2. The first kappa shape index (κ1) is 21.3.